The minimum Gasteiger partial charge on any atom is -0.292 e. The number of carbonyl (C=O) groups excluding carboxylic acids is 3. The molecular formula is C21H21NO3. The number of hydrogen-bond acceptors (Lipinski definition) is 3. The molecule has 1 aliphatic rings. The van der Waals surface area contributed by atoms with Crippen LogP contribution in [-0.2, 0) is 0 Å². The van der Waals surface area contributed by atoms with Crippen molar-refractivity contribution in [3.8, 4) is 0 Å². The maximum Gasteiger partial charge on any atom is 0.262 e. The van der Waals surface area contributed by atoms with E-state index >= 15 is 0 Å². The van der Waals surface area contributed by atoms with Crippen molar-refractivity contribution in [1.82, 2.24) is 4.90 Å². The number of Topliss-reactive ketones (excluding diaryl/α,β-unsaturated/α-hetero) is 1. The average Bonchev–Trinajstić information content (AvgIpc) is 2.84. The van der Waals surface area contributed by atoms with E-state index in [1.807, 2.05) is 32.9 Å². The van der Waals surface area contributed by atoms with Crippen molar-refractivity contribution in [2.45, 2.75) is 33.2 Å². The Kier molecular flexibility index (Phi) is 4.53. The Morgan fingerprint density at radius 3 is 1.92 bits per heavy atom. The van der Waals surface area contributed by atoms with Crippen LogP contribution in [0.4, 0.5) is 0 Å². The molecule has 3 rings (SSSR count). The van der Waals surface area contributed by atoms with Gasteiger partial charge in [-0.05, 0) is 31.4 Å². The molecule has 4 heteroatoms. The number of ketones is 1. The third-order valence-electron chi connectivity index (χ3n) is 4.47. The summed E-state index contributed by atoms with van der Waals surface area (Å²) in [4.78, 5) is 39.8. The van der Waals surface area contributed by atoms with Gasteiger partial charge in [0, 0.05) is 5.56 Å². The molecule has 1 heterocycles. The highest BCUT2D eigenvalue weighted by atomic mass is 16.2. The Bertz CT molecular complexity index is 801. The smallest absolute Gasteiger partial charge is 0.262 e. The van der Waals surface area contributed by atoms with Gasteiger partial charge in [0.1, 0.15) is 6.04 Å². The van der Waals surface area contributed by atoms with Crippen LogP contribution in [0.3, 0.4) is 0 Å². The van der Waals surface area contributed by atoms with E-state index < -0.39 is 6.04 Å². The summed E-state index contributed by atoms with van der Waals surface area (Å²) in [6.07, 6.45) is 0.443. The minimum absolute atomic E-state index is 0.170. The zero-order chi connectivity index (χ0) is 18.1. The lowest BCUT2D eigenvalue weighted by atomic mass is 9.94. The number of fused-ring (bicyclic) bond motifs is 1. The number of amides is 2. The van der Waals surface area contributed by atoms with Crippen LogP contribution in [0.15, 0.2) is 48.5 Å². The molecule has 0 aromatic heterocycles. The second-order valence-corrected chi connectivity index (χ2v) is 6.90. The van der Waals surface area contributed by atoms with Crippen molar-refractivity contribution in [2.75, 3.05) is 0 Å². The normalized spacial score (nSPS) is 14.8. The molecular weight excluding hydrogens is 314 g/mol. The molecule has 2 amide bonds. The maximum atomic E-state index is 13.1. The van der Waals surface area contributed by atoms with Gasteiger partial charge >= 0.3 is 0 Å². The highest BCUT2D eigenvalue weighted by Crippen LogP contribution is 2.28. The number of hydrogen-bond donors (Lipinski definition) is 0. The molecule has 1 unspecified atom stereocenters. The standard InChI is InChI=1S/C21H21NO3/c1-13(2)12-18(19(23)15-10-8-14(3)9-11-15)22-20(24)16-6-4-5-7-17(16)21(22)25/h4-11,13,18H,12H2,1-3H3. The highest BCUT2D eigenvalue weighted by Gasteiger charge is 2.42. The van der Waals surface area contributed by atoms with E-state index in [4.69, 9.17) is 0 Å². The van der Waals surface area contributed by atoms with Gasteiger partial charge < -0.3 is 0 Å². The summed E-state index contributed by atoms with van der Waals surface area (Å²) >= 11 is 0. The molecule has 25 heavy (non-hydrogen) atoms. The second-order valence-electron chi connectivity index (χ2n) is 6.90. The number of carbonyl (C=O) groups is 3. The second kappa shape index (κ2) is 6.63. The first-order valence-electron chi connectivity index (χ1n) is 8.48. The molecule has 0 bridgehead atoms. The SMILES string of the molecule is Cc1ccc(C(=O)C(CC(C)C)N2C(=O)c3ccccc3C2=O)cc1. The molecule has 0 aliphatic carbocycles. The van der Waals surface area contributed by atoms with Crippen molar-refractivity contribution < 1.29 is 14.4 Å². The predicted molar refractivity (Wildman–Crippen MR) is 95.7 cm³/mol. The van der Waals surface area contributed by atoms with E-state index in [1.165, 1.54) is 0 Å². The lowest BCUT2D eigenvalue weighted by molar-refractivity contribution is 0.0521. The molecule has 2 aromatic carbocycles. The summed E-state index contributed by atoms with van der Waals surface area (Å²) < 4.78 is 0. The molecule has 0 saturated carbocycles. The quantitative estimate of drug-likeness (QED) is 0.615. The Balaban J connectivity index is 1.99. The van der Waals surface area contributed by atoms with Crippen LogP contribution in [0, 0.1) is 12.8 Å². The van der Waals surface area contributed by atoms with Crippen molar-refractivity contribution in [3.63, 3.8) is 0 Å². The lowest BCUT2D eigenvalue weighted by Crippen LogP contribution is -2.45. The van der Waals surface area contributed by atoms with E-state index in [-0.39, 0.29) is 23.5 Å². The molecule has 1 aliphatic heterocycles. The fourth-order valence-electron chi connectivity index (χ4n) is 3.18. The topological polar surface area (TPSA) is 54.5 Å². The van der Waals surface area contributed by atoms with Crippen molar-refractivity contribution in [2.24, 2.45) is 5.92 Å². The third-order valence-corrected chi connectivity index (χ3v) is 4.47. The molecule has 0 N–H and O–H groups in total. The van der Waals surface area contributed by atoms with Crippen molar-refractivity contribution >= 4 is 17.6 Å². The first-order valence-corrected chi connectivity index (χ1v) is 8.48. The number of nitrogens with zero attached hydrogens (tertiary/aromatic N) is 1. The number of aryl methyl sites for hydroxylation is 1. The lowest BCUT2D eigenvalue weighted by Gasteiger charge is -2.26. The monoisotopic (exact) mass is 335 g/mol. The average molecular weight is 335 g/mol. The van der Waals surface area contributed by atoms with Gasteiger partial charge in [-0.2, -0.15) is 0 Å². The van der Waals surface area contributed by atoms with Crippen LogP contribution >= 0.6 is 0 Å². The van der Waals surface area contributed by atoms with Gasteiger partial charge in [0.25, 0.3) is 11.8 Å². The fraction of sp³-hybridized carbons (Fsp3) is 0.286. The van der Waals surface area contributed by atoms with Crippen molar-refractivity contribution in [3.05, 3.63) is 70.8 Å². The van der Waals surface area contributed by atoms with Gasteiger partial charge in [-0.15, -0.1) is 0 Å². The maximum absolute atomic E-state index is 13.1. The first-order chi connectivity index (χ1) is 11.9. The Hall–Kier alpha value is -2.75. The summed E-state index contributed by atoms with van der Waals surface area (Å²) in [5.41, 5.74) is 2.32. The largest absolute Gasteiger partial charge is 0.292 e. The molecule has 128 valence electrons. The summed E-state index contributed by atoms with van der Waals surface area (Å²) in [6, 6.07) is 13.2. The summed E-state index contributed by atoms with van der Waals surface area (Å²) in [6.45, 7) is 5.91. The highest BCUT2D eigenvalue weighted by molar-refractivity contribution is 6.23. The number of rotatable bonds is 5. The fourth-order valence-corrected chi connectivity index (χ4v) is 3.18. The zero-order valence-corrected chi connectivity index (χ0v) is 14.7. The van der Waals surface area contributed by atoms with E-state index in [0.717, 1.165) is 10.5 Å². The van der Waals surface area contributed by atoms with Crippen molar-refractivity contribution in [1.29, 1.82) is 0 Å². The van der Waals surface area contributed by atoms with Gasteiger partial charge in [-0.1, -0.05) is 55.8 Å². The molecule has 1 atom stereocenters. The van der Waals surface area contributed by atoms with Crippen LogP contribution in [-0.4, -0.2) is 28.5 Å². The van der Waals surface area contributed by atoms with Gasteiger partial charge in [0.15, 0.2) is 5.78 Å². The molecule has 0 radical (unpaired) electrons. The molecule has 0 spiro atoms. The third kappa shape index (κ3) is 3.12. The van der Waals surface area contributed by atoms with Gasteiger partial charge in [-0.25, -0.2) is 0 Å². The molecule has 2 aromatic rings. The van der Waals surface area contributed by atoms with Crippen LogP contribution < -0.4 is 0 Å². The summed E-state index contributed by atoms with van der Waals surface area (Å²) in [5, 5.41) is 0. The first kappa shape index (κ1) is 17.1. The Morgan fingerprint density at radius 1 is 0.920 bits per heavy atom. The van der Waals surface area contributed by atoms with E-state index in [9.17, 15) is 14.4 Å². The number of imide groups is 1. The van der Waals surface area contributed by atoms with Crippen LogP contribution in [0.5, 0.6) is 0 Å². The van der Waals surface area contributed by atoms with Gasteiger partial charge in [-0.3, -0.25) is 19.3 Å². The van der Waals surface area contributed by atoms with Gasteiger partial charge in [0.2, 0.25) is 0 Å². The molecule has 4 nitrogen and oxygen atoms in total. The minimum atomic E-state index is -0.782. The summed E-state index contributed by atoms with van der Waals surface area (Å²) in [5.74, 6) is -0.787. The Labute approximate surface area is 147 Å². The summed E-state index contributed by atoms with van der Waals surface area (Å²) in [7, 11) is 0. The van der Waals surface area contributed by atoms with E-state index in [2.05, 4.69) is 0 Å². The Morgan fingerprint density at radius 2 is 1.44 bits per heavy atom. The molecule has 0 saturated heterocycles. The van der Waals surface area contributed by atoms with Crippen LogP contribution in [0.25, 0.3) is 0 Å². The number of benzene rings is 2. The van der Waals surface area contributed by atoms with Crippen LogP contribution in [0.1, 0.15) is 56.9 Å². The predicted octanol–water partition coefficient (Wildman–Crippen LogP) is 3.89. The van der Waals surface area contributed by atoms with Gasteiger partial charge in [0.05, 0.1) is 11.1 Å². The molecule has 0 fully saturated rings. The van der Waals surface area contributed by atoms with E-state index in [1.54, 1.807) is 36.4 Å². The zero-order valence-electron chi connectivity index (χ0n) is 14.7. The van der Waals surface area contributed by atoms with E-state index in [0.29, 0.717) is 23.1 Å². The van der Waals surface area contributed by atoms with Crippen LogP contribution in [0.2, 0.25) is 0 Å².